The van der Waals surface area contributed by atoms with Gasteiger partial charge in [0.25, 0.3) is 0 Å². The van der Waals surface area contributed by atoms with E-state index >= 15 is 0 Å². The molecule has 1 unspecified atom stereocenters. The highest BCUT2D eigenvalue weighted by atomic mass is 79.9. The van der Waals surface area contributed by atoms with Gasteiger partial charge in [0.1, 0.15) is 11.1 Å². The number of alkyl halides is 1. The van der Waals surface area contributed by atoms with Crippen LogP contribution in [0.5, 0.6) is 5.75 Å². The molecule has 0 aliphatic rings. The van der Waals surface area contributed by atoms with Crippen molar-refractivity contribution < 1.29 is 4.74 Å². The fourth-order valence-corrected chi connectivity index (χ4v) is 4.32. The summed E-state index contributed by atoms with van der Waals surface area (Å²) in [4.78, 5) is 2.25. The summed E-state index contributed by atoms with van der Waals surface area (Å²) in [6, 6.07) is 3.99. The van der Waals surface area contributed by atoms with Gasteiger partial charge in [-0.25, -0.2) is 0 Å². The van der Waals surface area contributed by atoms with Crippen LogP contribution in [0.1, 0.15) is 15.1 Å². The molecule has 80 valence electrons. The Bertz CT molecular complexity index is 452. The molecule has 0 amide bonds. The molecule has 0 N–H and O–H groups in total. The van der Waals surface area contributed by atoms with Crippen LogP contribution in [-0.2, 0) is 0 Å². The van der Waals surface area contributed by atoms with E-state index in [0.717, 1.165) is 20.0 Å². The summed E-state index contributed by atoms with van der Waals surface area (Å²) in [7, 11) is 1.66. The first kappa shape index (κ1) is 11.5. The SMILES string of the molecule is COc1csc(C(Cl)c2sccc2Br)c1. The van der Waals surface area contributed by atoms with E-state index in [1.807, 2.05) is 22.9 Å². The van der Waals surface area contributed by atoms with Crippen molar-refractivity contribution in [2.45, 2.75) is 5.38 Å². The summed E-state index contributed by atoms with van der Waals surface area (Å²) in [6.07, 6.45) is 0. The summed E-state index contributed by atoms with van der Waals surface area (Å²) in [5.74, 6) is 0.869. The molecule has 0 aromatic carbocycles. The van der Waals surface area contributed by atoms with Gasteiger partial charge in [-0.1, -0.05) is 0 Å². The minimum Gasteiger partial charge on any atom is -0.496 e. The van der Waals surface area contributed by atoms with E-state index < -0.39 is 0 Å². The molecule has 2 aromatic rings. The van der Waals surface area contributed by atoms with Crippen molar-refractivity contribution in [2.24, 2.45) is 0 Å². The van der Waals surface area contributed by atoms with Gasteiger partial charge in [0.15, 0.2) is 0 Å². The lowest BCUT2D eigenvalue weighted by molar-refractivity contribution is 0.416. The normalized spacial score (nSPS) is 12.7. The fraction of sp³-hybridized carbons (Fsp3) is 0.200. The van der Waals surface area contributed by atoms with Gasteiger partial charge < -0.3 is 4.74 Å². The second-order valence-electron chi connectivity index (χ2n) is 2.88. The van der Waals surface area contributed by atoms with Crippen LogP contribution in [-0.4, -0.2) is 7.11 Å². The molecule has 15 heavy (non-hydrogen) atoms. The molecule has 0 saturated heterocycles. The molecule has 2 rings (SSSR count). The van der Waals surface area contributed by atoms with Crippen LogP contribution in [0.3, 0.4) is 0 Å². The van der Waals surface area contributed by atoms with Crippen LogP contribution in [0.15, 0.2) is 27.4 Å². The highest BCUT2D eigenvalue weighted by Crippen LogP contribution is 2.40. The average molecular weight is 324 g/mol. The van der Waals surface area contributed by atoms with E-state index in [9.17, 15) is 0 Å². The number of methoxy groups -OCH3 is 1. The van der Waals surface area contributed by atoms with Gasteiger partial charge in [-0.2, -0.15) is 0 Å². The van der Waals surface area contributed by atoms with Crippen LogP contribution in [0.4, 0.5) is 0 Å². The number of halogens is 2. The van der Waals surface area contributed by atoms with Crippen LogP contribution in [0.2, 0.25) is 0 Å². The minimum absolute atomic E-state index is 0.0896. The lowest BCUT2D eigenvalue weighted by Gasteiger charge is -2.04. The number of rotatable bonds is 3. The molecule has 0 aliphatic heterocycles. The molecule has 0 spiro atoms. The third-order valence-corrected chi connectivity index (χ3v) is 5.58. The predicted octanol–water partition coefficient (Wildman–Crippen LogP) is 4.91. The highest BCUT2D eigenvalue weighted by molar-refractivity contribution is 9.10. The molecule has 2 aromatic heterocycles. The average Bonchev–Trinajstić information content (AvgIpc) is 2.84. The summed E-state index contributed by atoms with van der Waals surface area (Å²) < 4.78 is 6.21. The fourth-order valence-electron chi connectivity index (χ4n) is 1.19. The Morgan fingerprint density at radius 2 is 2.27 bits per heavy atom. The Morgan fingerprint density at radius 3 is 2.80 bits per heavy atom. The third kappa shape index (κ3) is 2.38. The molecule has 0 aliphatic carbocycles. The van der Waals surface area contributed by atoms with Crippen LogP contribution >= 0.6 is 50.2 Å². The monoisotopic (exact) mass is 322 g/mol. The van der Waals surface area contributed by atoms with Gasteiger partial charge in [-0.3, -0.25) is 0 Å². The number of ether oxygens (including phenoxy) is 1. The molecule has 0 bridgehead atoms. The molecule has 1 atom stereocenters. The lowest BCUT2D eigenvalue weighted by Crippen LogP contribution is -1.86. The van der Waals surface area contributed by atoms with Crippen molar-refractivity contribution in [1.82, 2.24) is 0 Å². The van der Waals surface area contributed by atoms with Crippen LogP contribution in [0.25, 0.3) is 0 Å². The van der Waals surface area contributed by atoms with Crippen LogP contribution < -0.4 is 4.74 Å². The van der Waals surface area contributed by atoms with E-state index in [4.69, 9.17) is 16.3 Å². The smallest absolute Gasteiger partial charge is 0.129 e. The zero-order chi connectivity index (χ0) is 10.8. The molecule has 5 heteroatoms. The quantitative estimate of drug-likeness (QED) is 0.729. The summed E-state index contributed by atoms with van der Waals surface area (Å²) >= 11 is 13.1. The van der Waals surface area contributed by atoms with E-state index in [0.29, 0.717) is 0 Å². The van der Waals surface area contributed by atoms with Gasteiger partial charge in [-0.15, -0.1) is 34.3 Å². The first-order valence-corrected chi connectivity index (χ1v) is 7.20. The van der Waals surface area contributed by atoms with E-state index in [1.54, 1.807) is 29.8 Å². The first-order valence-electron chi connectivity index (χ1n) is 4.21. The second kappa shape index (κ2) is 4.87. The zero-order valence-corrected chi connectivity index (χ0v) is 11.8. The third-order valence-electron chi connectivity index (χ3n) is 1.96. The summed E-state index contributed by atoms with van der Waals surface area (Å²) in [5, 5.41) is 3.90. The Balaban J connectivity index is 2.28. The summed E-state index contributed by atoms with van der Waals surface area (Å²) in [5.41, 5.74) is 0. The highest BCUT2D eigenvalue weighted by Gasteiger charge is 2.17. The van der Waals surface area contributed by atoms with Gasteiger partial charge in [-0.05, 0) is 33.4 Å². The Labute approximate surface area is 110 Å². The maximum absolute atomic E-state index is 6.38. The van der Waals surface area contributed by atoms with Gasteiger partial charge in [0, 0.05) is 19.6 Å². The maximum atomic E-state index is 6.38. The molecular formula is C10H8BrClOS2. The zero-order valence-electron chi connectivity index (χ0n) is 7.87. The molecular weight excluding hydrogens is 316 g/mol. The van der Waals surface area contributed by atoms with Crippen molar-refractivity contribution in [1.29, 1.82) is 0 Å². The van der Waals surface area contributed by atoms with Crippen LogP contribution in [0, 0.1) is 0 Å². The first-order chi connectivity index (χ1) is 7.22. The van der Waals surface area contributed by atoms with Crippen molar-refractivity contribution >= 4 is 50.2 Å². The topological polar surface area (TPSA) is 9.23 Å². The van der Waals surface area contributed by atoms with Crippen molar-refractivity contribution in [3.05, 3.63) is 37.1 Å². The largest absolute Gasteiger partial charge is 0.496 e. The van der Waals surface area contributed by atoms with Crippen molar-refractivity contribution in [3.8, 4) is 5.75 Å². The number of hydrogen-bond acceptors (Lipinski definition) is 3. The van der Waals surface area contributed by atoms with E-state index in [2.05, 4.69) is 15.9 Å². The Kier molecular flexibility index (Phi) is 3.72. The van der Waals surface area contributed by atoms with Crippen molar-refractivity contribution in [2.75, 3.05) is 7.11 Å². The minimum atomic E-state index is -0.0896. The van der Waals surface area contributed by atoms with Gasteiger partial charge in [0.2, 0.25) is 0 Å². The predicted molar refractivity (Wildman–Crippen MR) is 70.6 cm³/mol. The second-order valence-corrected chi connectivity index (χ2v) is 6.07. The number of thiophene rings is 2. The Hall–Kier alpha value is -0.0300. The van der Waals surface area contributed by atoms with Gasteiger partial charge in [0.05, 0.1) is 7.11 Å². The van der Waals surface area contributed by atoms with E-state index in [1.165, 1.54) is 0 Å². The Morgan fingerprint density at radius 1 is 1.47 bits per heavy atom. The molecule has 2 heterocycles. The molecule has 1 nitrogen and oxygen atoms in total. The van der Waals surface area contributed by atoms with Gasteiger partial charge >= 0.3 is 0 Å². The standard InChI is InChI=1S/C10H8BrClOS2/c1-13-6-4-8(15-5-6)9(12)10-7(11)2-3-14-10/h2-5,9H,1H3. The van der Waals surface area contributed by atoms with Crippen molar-refractivity contribution in [3.63, 3.8) is 0 Å². The molecule has 0 saturated carbocycles. The van der Waals surface area contributed by atoms with E-state index in [-0.39, 0.29) is 5.38 Å². The molecule has 0 fully saturated rings. The maximum Gasteiger partial charge on any atom is 0.129 e. The lowest BCUT2D eigenvalue weighted by atomic mass is 10.3. The molecule has 0 radical (unpaired) electrons. The summed E-state index contributed by atoms with van der Waals surface area (Å²) in [6.45, 7) is 0. The number of hydrogen-bond donors (Lipinski definition) is 0.